The fourth-order valence-electron chi connectivity index (χ4n) is 4.76. The second kappa shape index (κ2) is 10.6. The number of alkyl halides is 3. The van der Waals surface area contributed by atoms with Crippen LogP contribution in [0.4, 0.5) is 13.2 Å². The molecule has 0 saturated heterocycles. The number of carboxylic acid groups (broad SMARTS) is 1. The summed E-state index contributed by atoms with van der Waals surface area (Å²) in [6, 6.07) is 3.08. The zero-order valence-electron chi connectivity index (χ0n) is 21.0. The maximum atomic E-state index is 13.3. The van der Waals surface area contributed by atoms with Crippen LogP contribution in [0.15, 0.2) is 52.7 Å². The molecule has 1 aromatic carbocycles. The number of halogens is 3. The SMILES string of the molecule is CC(C)(C)C(NC(=O)C1=C(OCc2ccc(C(F)(F)F)cc2)C2N=C(C3CCCC3)SC2C=C1)C(=O)O. The van der Waals surface area contributed by atoms with Crippen LogP contribution in [0.1, 0.15) is 57.6 Å². The number of hydrogen-bond acceptors (Lipinski definition) is 5. The van der Waals surface area contributed by atoms with E-state index in [9.17, 15) is 27.9 Å². The van der Waals surface area contributed by atoms with E-state index in [0.29, 0.717) is 17.2 Å². The number of fused-ring (bicyclic) bond motifs is 1. The van der Waals surface area contributed by atoms with Gasteiger partial charge in [0.05, 0.1) is 21.4 Å². The highest BCUT2D eigenvalue weighted by Gasteiger charge is 2.41. The molecule has 200 valence electrons. The first-order chi connectivity index (χ1) is 17.3. The number of aliphatic imine (C=N–C) groups is 1. The van der Waals surface area contributed by atoms with E-state index in [1.54, 1.807) is 38.6 Å². The summed E-state index contributed by atoms with van der Waals surface area (Å²) in [4.78, 5) is 30.1. The van der Waals surface area contributed by atoms with Gasteiger partial charge >= 0.3 is 12.1 Å². The highest BCUT2D eigenvalue weighted by atomic mass is 32.2. The number of aliphatic carboxylic acids is 1. The molecular formula is C27H31F3N2O4S. The van der Waals surface area contributed by atoms with E-state index in [2.05, 4.69) is 5.32 Å². The number of ether oxygens (including phenoxy) is 1. The molecule has 3 unspecified atom stereocenters. The lowest BCUT2D eigenvalue weighted by Crippen LogP contribution is -2.49. The summed E-state index contributed by atoms with van der Waals surface area (Å²) in [7, 11) is 0. The van der Waals surface area contributed by atoms with Crippen molar-refractivity contribution < 1.29 is 32.6 Å². The molecule has 10 heteroatoms. The van der Waals surface area contributed by atoms with Gasteiger partial charge < -0.3 is 15.2 Å². The zero-order valence-corrected chi connectivity index (χ0v) is 21.8. The first-order valence-electron chi connectivity index (χ1n) is 12.3. The molecule has 0 radical (unpaired) electrons. The quantitative estimate of drug-likeness (QED) is 0.465. The number of carboxylic acids is 1. The third-order valence-electron chi connectivity index (χ3n) is 6.83. The summed E-state index contributed by atoms with van der Waals surface area (Å²) in [5.74, 6) is -1.04. The van der Waals surface area contributed by atoms with E-state index in [-0.39, 0.29) is 17.4 Å². The summed E-state index contributed by atoms with van der Waals surface area (Å²) < 4.78 is 44.9. The van der Waals surface area contributed by atoms with E-state index < -0.39 is 41.1 Å². The van der Waals surface area contributed by atoms with Crippen LogP contribution >= 0.6 is 11.8 Å². The largest absolute Gasteiger partial charge is 0.490 e. The minimum absolute atomic E-state index is 0.0537. The van der Waals surface area contributed by atoms with Crippen molar-refractivity contribution in [3.8, 4) is 0 Å². The molecule has 1 heterocycles. The van der Waals surface area contributed by atoms with E-state index >= 15 is 0 Å². The van der Waals surface area contributed by atoms with Crippen LogP contribution < -0.4 is 5.32 Å². The molecule has 0 bridgehead atoms. The zero-order chi connectivity index (χ0) is 27.0. The Morgan fingerprint density at radius 3 is 2.38 bits per heavy atom. The second-order valence-corrected chi connectivity index (χ2v) is 11.9. The molecule has 1 saturated carbocycles. The molecule has 2 aliphatic carbocycles. The smallest absolute Gasteiger partial charge is 0.416 e. The molecule has 1 aromatic rings. The molecule has 2 N–H and O–H groups in total. The maximum Gasteiger partial charge on any atom is 0.416 e. The van der Waals surface area contributed by atoms with Gasteiger partial charge in [0.25, 0.3) is 5.91 Å². The maximum absolute atomic E-state index is 13.3. The Morgan fingerprint density at radius 2 is 1.81 bits per heavy atom. The lowest BCUT2D eigenvalue weighted by molar-refractivity contribution is -0.144. The minimum atomic E-state index is -4.44. The van der Waals surface area contributed by atoms with Crippen molar-refractivity contribution >= 4 is 28.7 Å². The Labute approximate surface area is 218 Å². The van der Waals surface area contributed by atoms with Crippen LogP contribution in [0.5, 0.6) is 0 Å². The summed E-state index contributed by atoms with van der Waals surface area (Å²) in [6.07, 6.45) is 3.54. The van der Waals surface area contributed by atoms with Gasteiger partial charge in [0.1, 0.15) is 24.4 Å². The van der Waals surface area contributed by atoms with Crippen molar-refractivity contribution in [2.75, 3.05) is 0 Å². The molecular weight excluding hydrogens is 505 g/mol. The molecule has 37 heavy (non-hydrogen) atoms. The topological polar surface area (TPSA) is 88.0 Å². The Morgan fingerprint density at radius 1 is 1.16 bits per heavy atom. The first-order valence-corrected chi connectivity index (χ1v) is 13.2. The van der Waals surface area contributed by atoms with Gasteiger partial charge in [0, 0.05) is 5.92 Å². The number of thioether (sulfide) groups is 1. The van der Waals surface area contributed by atoms with Crippen LogP contribution in [-0.2, 0) is 27.1 Å². The number of benzene rings is 1. The molecule has 4 rings (SSSR count). The Bertz CT molecular complexity index is 1130. The van der Waals surface area contributed by atoms with E-state index in [1.165, 1.54) is 12.1 Å². The predicted molar refractivity (Wildman–Crippen MR) is 136 cm³/mol. The number of carbonyl (C=O) groups excluding carboxylic acids is 1. The fourth-order valence-corrected chi connectivity index (χ4v) is 6.12. The molecule has 3 atom stereocenters. The monoisotopic (exact) mass is 536 g/mol. The number of amides is 1. The van der Waals surface area contributed by atoms with Crippen LogP contribution in [0.25, 0.3) is 0 Å². The number of nitrogens with one attached hydrogen (secondary N) is 1. The molecule has 6 nitrogen and oxygen atoms in total. The molecule has 1 aliphatic heterocycles. The number of hydrogen-bond donors (Lipinski definition) is 2. The summed E-state index contributed by atoms with van der Waals surface area (Å²) >= 11 is 1.66. The lowest BCUT2D eigenvalue weighted by atomic mass is 9.86. The van der Waals surface area contributed by atoms with Gasteiger partial charge in [-0.15, -0.1) is 11.8 Å². The van der Waals surface area contributed by atoms with Crippen LogP contribution in [0.3, 0.4) is 0 Å². The molecule has 0 aromatic heterocycles. The highest BCUT2D eigenvalue weighted by molar-refractivity contribution is 8.15. The average molecular weight is 537 g/mol. The van der Waals surface area contributed by atoms with Gasteiger partial charge in [-0.25, -0.2) is 4.79 Å². The van der Waals surface area contributed by atoms with Gasteiger partial charge in [-0.1, -0.05) is 51.8 Å². The third kappa shape index (κ3) is 6.22. The summed E-state index contributed by atoms with van der Waals surface area (Å²) in [5.41, 5.74) is -0.798. The molecule has 0 spiro atoms. The third-order valence-corrected chi connectivity index (χ3v) is 8.20. The Hall–Kier alpha value is -2.75. The van der Waals surface area contributed by atoms with E-state index in [4.69, 9.17) is 9.73 Å². The minimum Gasteiger partial charge on any atom is -0.490 e. The van der Waals surface area contributed by atoms with Gasteiger partial charge in [-0.3, -0.25) is 9.79 Å². The molecule has 3 aliphatic rings. The van der Waals surface area contributed by atoms with Gasteiger partial charge in [-0.05, 0) is 42.0 Å². The first kappa shape index (κ1) is 27.3. The number of carbonyl (C=O) groups is 2. The van der Waals surface area contributed by atoms with Crippen molar-refractivity contribution in [3.63, 3.8) is 0 Å². The van der Waals surface area contributed by atoms with Crippen LogP contribution in [0.2, 0.25) is 0 Å². The van der Waals surface area contributed by atoms with Gasteiger partial charge in [0.15, 0.2) is 0 Å². The van der Waals surface area contributed by atoms with Crippen molar-refractivity contribution in [1.29, 1.82) is 0 Å². The van der Waals surface area contributed by atoms with Crippen molar-refractivity contribution in [3.05, 3.63) is 58.9 Å². The van der Waals surface area contributed by atoms with Gasteiger partial charge in [-0.2, -0.15) is 13.2 Å². The lowest BCUT2D eigenvalue weighted by Gasteiger charge is -2.29. The average Bonchev–Trinajstić information content (AvgIpc) is 3.49. The van der Waals surface area contributed by atoms with Crippen molar-refractivity contribution in [2.45, 2.75) is 76.6 Å². The second-order valence-electron chi connectivity index (χ2n) is 10.7. The Balaban J connectivity index is 1.62. The van der Waals surface area contributed by atoms with E-state index in [0.717, 1.165) is 42.9 Å². The normalized spacial score (nSPS) is 23.0. The highest BCUT2D eigenvalue weighted by Crippen LogP contribution is 2.43. The van der Waals surface area contributed by atoms with Gasteiger partial charge in [0.2, 0.25) is 0 Å². The number of nitrogens with zero attached hydrogens (tertiary/aromatic N) is 1. The summed E-state index contributed by atoms with van der Waals surface area (Å²) in [6.45, 7) is 5.12. The fraction of sp³-hybridized carbons (Fsp3) is 0.519. The predicted octanol–water partition coefficient (Wildman–Crippen LogP) is 5.73. The molecule has 1 amide bonds. The van der Waals surface area contributed by atoms with Crippen molar-refractivity contribution in [1.82, 2.24) is 5.32 Å². The molecule has 1 fully saturated rings. The standard InChI is InChI=1S/C27H31F3N2O4S/c1-26(2,3)22(25(34)35)32-23(33)18-12-13-19-20(31-24(37-19)16-6-4-5-7-16)21(18)36-14-15-8-10-17(11-9-15)27(28,29)30/h8-13,16,19-20,22H,4-7,14H2,1-3H3,(H,32,33)(H,34,35). The van der Waals surface area contributed by atoms with E-state index in [1.807, 2.05) is 6.08 Å². The Kier molecular flexibility index (Phi) is 7.78. The number of rotatable bonds is 7. The van der Waals surface area contributed by atoms with Crippen LogP contribution in [0, 0.1) is 11.3 Å². The van der Waals surface area contributed by atoms with Crippen LogP contribution in [-0.4, -0.2) is 39.4 Å². The van der Waals surface area contributed by atoms with Crippen molar-refractivity contribution in [2.24, 2.45) is 16.3 Å². The summed E-state index contributed by atoms with van der Waals surface area (Å²) in [5, 5.41) is 13.3.